The summed E-state index contributed by atoms with van der Waals surface area (Å²) in [5, 5.41) is 25.7. The van der Waals surface area contributed by atoms with Crippen LogP contribution >= 0.6 is 0 Å². The summed E-state index contributed by atoms with van der Waals surface area (Å²) in [5.74, 6) is -1.03. The van der Waals surface area contributed by atoms with Gasteiger partial charge < -0.3 is 20.8 Å². The highest BCUT2D eigenvalue weighted by Gasteiger charge is 2.25. The van der Waals surface area contributed by atoms with Crippen LogP contribution in [0.4, 0.5) is 10.5 Å². The van der Waals surface area contributed by atoms with Crippen molar-refractivity contribution in [3.8, 4) is 5.75 Å². The number of phenolic OH excluding ortho intramolecular Hbond substituents is 1. The van der Waals surface area contributed by atoms with Gasteiger partial charge in [-0.1, -0.05) is 32.9 Å². The van der Waals surface area contributed by atoms with Crippen LogP contribution in [-0.2, 0) is 10.2 Å². The predicted molar refractivity (Wildman–Crippen MR) is 116 cm³/mol. The molecule has 1 heterocycles. The molecule has 1 aromatic heterocycles. The Bertz CT molecular complexity index is 1070. The molecule has 3 rings (SSSR count). The van der Waals surface area contributed by atoms with E-state index in [-0.39, 0.29) is 23.6 Å². The van der Waals surface area contributed by atoms with Crippen molar-refractivity contribution in [1.29, 1.82) is 0 Å². The number of nitrogens with one attached hydrogen (secondary N) is 2. The van der Waals surface area contributed by atoms with Gasteiger partial charge in [-0.05, 0) is 52.3 Å². The number of rotatable bonds is 5. The highest BCUT2D eigenvalue weighted by atomic mass is 16.4. The van der Waals surface area contributed by atoms with Gasteiger partial charge in [0, 0.05) is 30.0 Å². The largest absolute Gasteiger partial charge is 0.508 e. The zero-order valence-corrected chi connectivity index (χ0v) is 17.1. The van der Waals surface area contributed by atoms with E-state index >= 15 is 0 Å². The van der Waals surface area contributed by atoms with Crippen LogP contribution in [0.2, 0.25) is 0 Å². The van der Waals surface area contributed by atoms with Crippen LogP contribution < -0.4 is 10.6 Å². The second-order valence-corrected chi connectivity index (χ2v) is 8.19. The van der Waals surface area contributed by atoms with Crippen LogP contribution in [0, 0.1) is 0 Å². The second-order valence-electron chi connectivity index (χ2n) is 8.19. The first-order valence-electron chi connectivity index (χ1n) is 9.60. The van der Waals surface area contributed by atoms with Gasteiger partial charge in [-0.25, -0.2) is 4.79 Å². The molecule has 0 aliphatic carbocycles. The maximum atomic E-state index is 13.2. The summed E-state index contributed by atoms with van der Waals surface area (Å²) in [6.07, 6.45) is 2.27. The molecule has 30 heavy (non-hydrogen) atoms. The second kappa shape index (κ2) is 8.41. The highest BCUT2D eigenvalue weighted by Crippen LogP contribution is 2.34. The van der Waals surface area contributed by atoms with Gasteiger partial charge in [0.15, 0.2) is 0 Å². The van der Waals surface area contributed by atoms with E-state index in [0.29, 0.717) is 11.3 Å². The average molecular weight is 407 g/mol. The molecule has 0 aliphatic heterocycles. The standard InChI is InChI=1S/C23H25N3O4/c1-23(2,3)19-10-16-12-24-9-8-15(16)11-20(19)26-21(28)18(13-25-22(29)30)14-4-6-17(27)7-5-14/h4-12,18,25,27H,13H2,1-3H3,(H,26,28)(H,29,30). The lowest BCUT2D eigenvalue weighted by Crippen LogP contribution is -2.34. The van der Waals surface area contributed by atoms with Gasteiger partial charge in [0.05, 0.1) is 5.92 Å². The van der Waals surface area contributed by atoms with Crippen LogP contribution in [0.25, 0.3) is 10.8 Å². The Labute approximate surface area is 174 Å². The SMILES string of the molecule is CC(C)(C)c1cc2cnccc2cc1NC(=O)C(CNC(=O)O)c1ccc(O)cc1. The fourth-order valence-electron chi connectivity index (χ4n) is 3.34. The summed E-state index contributed by atoms with van der Waals surface area (Å²) in [4.78, 5) is 28.4. The van der Waals surface area contributed by atoms with Gasteiger partial charge in [-0.3, -0.25) is 9.78 Å². The maximum absolute atomic E-state index is 13.2. The molecule has 0 saturated carbocycles. The van der Waals surface area contributed by atoms with Gasteiger partial charge in [0.25, 0.3) is 0 Å². The average Bonchev–Trinajstić information content (AvgIpc) is 2.68. The molecule has 7 nitrogen and oxygen atoms in total. The molecular weight excluding hydrogens is 382 g/mol. The fourth-order valence-corrected chi connectivity index (χ4v) is 3.34. The number of fused-ring (bicyclic) bond motifs is 1. The third-order valence-corrected chi connectivity index (χ3v) is 4.91. The quantitative estimate of drug-likeness (QED) is 0.506. The molecule has 0 fully saturated rings. The van der Waals surface area contributed by atoms with Gasteiger partial charge in [-0.2, -0.15) is 0 Å². The number of pyridine rings is 1. The number of phenols is 1. The molecule has 0 saturated heterocycles. The molecule has 0 spiro atoms. The molecule has 4 N–H and O–H groups in total. The van der Waals surface area contributed by atoms with Gasteiger partial charge in [0.1, 0.15) is 5.75 Å². The number of hydrogen-bond acceptors (Lipinski definition) is 4. The Morgan fingerprint density at radius 1 is 1.07 bits per heavy atom. The first kappa shape index (κ1) is 21.1. The van der Waals surface area contributed by atoms with E-state index in [1.165, 1.54) is 12.1 Å². The van der Waals surface area contributed by atoms with Gasteiger partial charge in [0.2, 0.25) is 5.91 Å². The van der Waals surface area contributed by atoms with Crippen LogP contribution in [0.1, 0.15) is 37.8 Å². The molecule has 2 aromatic carbocycles. The normalized spacial score (nSPS) is 12.4. The summed E-state index contributed by atoms with van der Waals surface area (Å²) in [6, 6.07) is 12.0. The number of aromatic hydroxyl groups is 1. The molecular formula is C23H25N3O4. The van der Waals surface area contributed by atoms with E-state index < -0.39 is 12.0 Å². The first-order chi connectivity index (χ1) is 14.1. The van der Waals surface area contributed by atoms with Crippen LogP contribution in [0.3, 0.4) is 0 Å². The monoisotopic (exact) mass is 407 g/mol. The Hall–Kier alpha value is -3.61. The topological polar surface area (TPSA) is 112 Å². The zero-order chi connectivity index (χ0) is 21.9. The highest BCUT2D eigenvalue weighted by molar-refractivity contribution is 5.99. The smallest absolute Gasteiger partial charge is 0.404 e. The first-order valence-corrected chi connectivity index (χ1v) is 9.60. The van der Waals surface area contributed by atoms with Crippen molar-refractivity contribution in [3.63, 3.8) is 0 Å². The number of benzene rings is 2. The molecule has 0 bridgehead atoms. The van der Waals surface area contributed by atoms with E-state index in [1.807, 2.05) is 18.2 Å². The Kier molecular flexibility index (Phi) is 5.91. The van der Waals surface area contributed by atoms with E-state index in [9.17, 15) is 14.7 Å². The summed E-state index contributed by atoms with van der Waals surface area (Å²) >= 11 is 0. The minimum Gasteiger partial charge on any atom is -0.508 e. The molecule has 1 unspecified atom stereocenters. The molecule has 2 amide bonds. The van der Waals surface area contributed by atoms with Crippen molar-refractivity contribution in [2.45, 2.75) is 32.1 Å². The molecule has 3 aromatic rings. The van der Waals surface area contributed by atoms with Crippen molar-refractivity contribution >= 4 is 28.5 Å². The molecule has 0 aliphatic rings. The number of carbonyl (C=O) groups is 2. The molecule has 156 valence electrons. The number of carbonyl (C=O) groups excluding carboxylic acids is 1. The lowest BCUT2D eigenvalue weighted by molar-refractivity contribution is -0.117. The number of amides is 2. The van der Waals surface area contributed by atoms with Gasteiger partial charge in [-0.15, -0.1) is 0 Å². The fraction of sp³-hybridized carbons (Fsp3) is 0.261. The summed E-state index contributed by atoms with van der Waals surface area (Å²) in [6.45, 7) is 6.09. The Balaban J connectivity index is 1.99. The van der Waals surface area contributed by atoms with Crippen LogP contribution in [-0.4, -0.2) is 33.7 Å². The lowest BCUT2D eigenvalue weighted by atomic mass is 9.84. The number of nitrogens with zero attached hydrogens (tertiary/aromatic N) is 1. The molecule has 7 heteroatoms. The van der Waals surface area contributed by atoms with Crippen LogP contribution in [0.15, 0.2) is 54.9 Å². The third kappa shape index (κ3) is 4.86. The number of anilines is 1. The van der Waals surface area contributed by atoms with Crippen LogP contribution in [0.5, 0.6) is 5.75 Å². The zero-order valence-electron chi connectivity index (χ0n) is 17.1. The summed E-state index contributed by atoms with van der Waals surface area (Å²) in [7, 11) is 0. The minimum absolute atomic E-state index is 0.0715. The number of aromatic nitrogens is 1. The number of hydrogen-bond donors (Lipinski definition) is 4. The predicted octanol–water partition coefficient (Wildman–Crippen LogP) is 4.23. The van der Waals surface area contributed by atoms with E-state index in [4.69, 9.17) is 5.11 Å². The van der Waals surface area contributed by atoms with E-state index in [0.717, 1.165) is 16.3 Å². The number of carboxylic acid groups (broad SMARTS) is 1. The van der Waals surface area contributed by atoms with E-state index in [2.05, 4.69) is 36.4 Å². The Morgan fingerprint density at radius 2 is 1.77 bits per heavy atom. The Morgan fingerprint density at radius 3 is 2.40 bits per heavy atom. The minimum atomic E-state index is -1.21. The lowest BCUT2D eigenvalue weighted by Gasteiger charge is -2.25. The third-order valence-electron chi connectivity index (χ3n) is 4.91. The summed E-state index contributed by atoms with van der Waals surface area (Å²) < 4.78 is 0. The molecule has 0 radical (unpaired) electrons. The molecule has 1 atom stereocenters. The van der Waals surface area contributed by atoms with Crippen molar-refractivity contribution in [3.05, 3.63) is 66.0 Å². The van der Waals surface area contributed by atoms with Crippen molar-refractivity contribution < 1.29 is 19.8 Å². The van der Waals surface area contributed by atoms with Crippen molar-refractivity contribution in [2.24, 2.45) is 0 Å². The van der Waals surface area contributed by atoms with E-state index in [1.54, 1.807) is 24.5 Å². The maximum Gasteiger partial charge on any atom is 0.404 e. The summed E-state index contributed by atoms with van der Waals surface area (Å²) in [5.41, 5.74) is 1.98. The van der Waals surface area contributed by atoms with Gasteiger partial charge >= 0.3 is 6.09 Å². The van der Waals surface area contributed by atoms with Crippen molar-refractivity contribution in [2.75, 3.05) is 11.9 Å². The van der Waals surface area contributed by atoms with Crippen molar-refractivity contribution in [1.82, 2.24) is 10.3 Å².